The number of rotatable bonds is 6. The molecule has 146 valence electrons. The number of hydrogen-bond donors (Lipinski definition) is 2. The minimum Gasteiger partial charge on any atom is -0.467 e. The van der Waals surface area contributed by atoms with Gasteiger partial charge in [0.1, 0.15) is 11.6 Å². The SMILES string of the molecule is O=c1[nH]c(CN(Cc2ccccc2)C(=S)NCc2ccco2)nc2ccccc12. The first-order valence-corrected chi connectivity index (χ1v) is 9.67. The molecular formula is C22H20N4O2S. The topological polar surface area (TPSA) is 74.2 Å². The van der Waals surface area contributed by atoms with E-state index in [1.807, 2.05) is 65.6 Å². The van der Waals surface area contributed by atoms with Gasteiger partial charge in [0, 0.05) is 6.54 Å². The molecule has 0 aliphatic rings. The number of thiocarbonyl (C=S) groups is 1. The second-order valence-electron chi connectivity index (χ2n) is 6.61. The highest BCUT2D eigenvalue weighted by atomic mass is 32.1. The summed E-state index contributed by atoms with van der Waals surface area (Å²) in [5.74, 6) is 1.36. The summed E-state index contributed by atoms with van der Waals surface area (Å²) in [6.45, 7) is 1.44. The van der Waals surface area contributed by atoms with Crippen LogP contribution in [0.1, 0.15) is 17.1 Å². The molecule has 2 heterocycles. The number of hydrogen-bond acceptors (Lipinski definition) is 4. The van der Waals surface area contributed by atoms with Crippen molar-refractivity contribution in [3.63, 3.8) is 0 Å². The van der Waals surface area contributed by atoms with Gasteiger partial charge in [-0.2, -0.15) is 0 Å². The first-order chi connectivity index (χ1) is 14.2. The van der Waals surface area contributed by atoms with Crippen LogP contribution in [-0.2, 0) is 19.6 Å². The van der Waals surface area contributed by atoms with Gasteiger partial charge in [0.15, 0.2) is 5.11 Å². The summed E-state index contributed by atoms with van der Waals surface area (Å²) in [7, 11) is 0. The normalized spacial score (nSPS) is 10.8. The van der Waals surface area contributed by atoms with Crippen LogP contribution in [0.25, 0.3) is 10.9 Å². The van der Waals surface area contributed by atoms with Crippen LogP contribution >= 0.6 is 12.2 Å². The van der Waals surface area contributed by atoms with E-state index >= 15 is 0 Å². The molecule has 0 aliphatic carbocycles. The van der Waals surface area contributed by atoms with E-state index in [9.17, 15) is 4.79 Å². The molecule has 0 unspecified atom stereocenters. The molecule has 29 heavy (non-hydrogen) atoms. The minimum atomic E-state index is -0.153. The van der Waals surface area contributed by atoms with Crippen LogP contribution in [0, 0.1) is 0 Å². The lowest BCUT2D eigenvalue weighted by Gasteiger charge is -2.25. The fourth-order valence-corrected chi connectivity index (χ4v) is 3.28. The smallest absolute Gasteiger partial charge is 0.258 e. The lowest BCUT2D eigenvalue weighted by atomic mass is 10.2. The number of H-pyrrole nitrogens is 1. The molecule has 2 N–H and O–H groups in total. The molecule has 0 aliphatic heterocycles. The Labute approximate surface area is 173 Å². The highest BCUT2D eigenvalue weighted by Crippen LogP contribution is 2.11. The molecule has 0 atom stereocenters. The Morgan fingerprint density at radius 1 is 1.03 bits per heavy atom. The Kier molecular flexibility index (Phi) is 5.67. The Balaban J connectivity index is 1.57. The maximum Gasteiger partial charge on any atom is 0.258 e. The van der Waals surface area contributed by atoms with Crippen LogP contribution < -0.4 is 10.9 Å². The molecule has 0 radical (unpaired) electrons. The summed E-state index contributed by atoms with van der Waals surface area (Å²) < 4.78 is 5.36. The van der Waals surface area contributed by atoms with Crippen LogP contribution in [0.5, 0.6) is 0 Å². The molecule has 0 fully saturated rings. The van der Waals surface area contributed by atoms with Crippen molar-refractivity contribution in [2.45, 2.75) is 19.6 Å². The van der Waals surface area contributed by atoms with E-state index in [1.165, 1.54) is 0 Å². The second-order valence-corrected chi connectivity index (χ2v) is 7.00. The summed E-state index contributed by atoms with van der Waals surface area (Å²) in [6.07, 6.45) is 1.63. The highest BCUT2D eigenvalue weighted by molar-refractivity contribution is 7.80. The number of furan rings is 1. The zero-order valence-electron chi connectivity index (χ0n) is 15.7. The quantitative estimate of drug-likeness (QED) is 0.479. The van der Waals surface area contributed by atoms with Gasteiger partial charge in [0.25, 0.3) is 5.56 Å². The van der Waals surface area contributed by atoms with E-state index in [2.05, 4.69) is 15.3 Å². The van der Waals surface area contributed by atoms with E-state index < -0.39 is 0 Å². The number of nitrogens with one attached hydrogen (secondary N) is 2. The summed E-state index contributed by atoms with van der Waals surface area (Å²) >= 11 is 5.63. The molecular weight excluding hydrogens is 384 g/mol. The van der Waals surface area contributed by atoms with Gasteiger partial charge in [-0.3, -0.25) is 4.79 Å². The van der Waals surface area contributed by atoms with E-state index in [4.69, 9.17) is 16.6 Å². The number of benzene rings is 2. The van der Waals surface area contributed by atoms with E-state index in [0.29, 0.717) is 41.5 Å². The maximum absolute atomic E-state index is 12.4. The minimum absolute atomic E-state index is 0.153. The predicted octanol–water partition coefficient (Wildman–Crippen LogP) is 3.59. The van der Waals surface area contributed by atoms with Crippen molar-refractivity contribution < 1.29 is 4.42 Å². The number of aromatic amines is 1. The summed E-state index contributed by atoms with van der Waals surface area (Å²) in [4.78, 5) is 21.9. The van der Waals surface area contributed by atoms with Crippen molar-refractivity contribution in [1.29, 1.82) is 0 Å². The first kappa shape index (κ1) is 18.9. The van der Waals surface area contributed by atoms with Crippen LogP contribution in [-0.4, -0.2) is 20.0 Å². The molecule has 4 rings (SSSR count). The molecule has 0 amide bonds. The summed E-state index contributed by atoms with van der Waals surface area (Å²) in [5, 5.41) is 4.35. The Bertz CT molecular complexity index is 1160. The van der Waals surface area contributed by atoms with Crippen LogP contribution in [0.2, 0.25) is 0 Å². The third-order valence-electron chi connectivity index (χ3n) is 4.50. The van der Waals surface area contributed by atoms with Gasteiger partial charge in [0.2, 0.25) is 0 Å². The van der Waals surface area contributed by atoms with Crippen molar-refractivity contribution in [3.05, 3.63) is 100 Å². The number of fused-ring (bicyclic) bond motifs is 1. The van der Waals surface area contributed by atoms with E-state index in [-0.39, 0.29) is 5.56 Å². The molecule has 2 aromatic heterocycles. The van der Waals surface area contributed by atoms with Gasteiger partial charge in [0.05, 0.1) is 30.3 Å². The van der Waals surface area contributed by atoms with Crippen LogP contribution in [0.3, 0.4) is 0 Å². The number of aromatic nitrogens is 2. The Hall–Kier alpha value is -3.45. The zero-order valence-corrected chi connectivity index (χ0v) is 16.5. The summed E-state index contributed by atoms with van der Waals surface area (Å²) in [6, 6.07) is 21.1. The monoisotopic (exact) mass is 404 g/mol. The fraction of sp³-hybridized carbons (Fsp3) is 0.136. The first-order valence-electron chi connectivity index (χ1n) is 9.26. The van der Waals surface area contributed by atoms with Crippen LogP contribution in [0.4, 0.5) is 0 Å². The van der Waals surface area contributed by atoms with Gasteiger partial charge in [-0.25, -0.2) is 4.98 Å². The lowest BCUT2D eigenvalue weighted by molar-refractivity contribution is 0.384. The largest absolute Gasteiger partial charge is 0.467 e. The molecule has 7 heteroatoms. The van der Waals surface area contributed by atoms with Crippen molar-refractivity contribution >= 4 is 28.2 Å². The predicted molar refractivity (Wildman–Crippen MR) is 116 cm³/mol. The van der Waals surface area contributed by atoms with Crippen LogP contribution in [0.15, 0.2) is 82.2 Å². The van der Waals surface area contributed by atoms with E-state index in [0.717, 1.165) is 11.3 Å². The number of para-hydroxylation sites is 1. The van der Waals surface area contributed by atoms with Crippen molar-refractivity contribution in [2.24, 2.45) is 0 Å². The van der Waals surface area contributed by atoms with Crippen molar-refractivity contribution in [2.75, 3.05) is 0 Å². The van der Waals surface area contributed by atoms with Crippen molar-refractivity contribution in [3.8, 4) is 0 Å². The zero-order chi connectivity index (χ0) is 20.1. The molecule has 2 aromatic carbocycles. The van der Waals surface area contributed by atoms with Gasteiger partial charge in [-0.05, 0) is 42.0 Å². The van der Waals surface area contributed by atoms with Crippen molar-refractivity contribution in [1.82, 2.24) is 20.2 Å². The Morgan fingerprint density at radius 2 is 1.83 bits per heavy atom. The molecule has 0 bridgehead atoms. The fourth-order valence-electron chi connectivity index (χ4n) is 3.08. The third-order valence-corrected chi connectivity index (χ3v) is 4.90. The molecule has 6 nitrogen and oxygen atoms in total. The molecule has 0 saturated carbocycles. The summed E-state index contributed by atoms with van der Waals surface area (Å²) in [5.41, 5.74) is 1.62. The standard InChI is InChI=1S/C22H20N4O2S/c27-21-18-10-4-5-11-19(18)24-20(25-21)15-26(14-16-7-2-1-3-8-16)22(29)23-13-17-9-6-12-28-17/h1-12H,13-15H2,(H,23,29)(H,24,25,27). The number of nitrogens with zero attached hydrogens (tertiary/aromatic N) is 2. The molecule has 0 saturated heterocycles. The van der Waals surface area contributed by atoms with Gasteiger partial charge in [-0.1, -0.05) is 42.5 Å². The van der Waals surface area contributed by atoms with Gasteiger partial charge < -0.3 is 19.6 Å². The maximum atomic E-state index is 12.4. The highest BCUT2D eigenvalue weighted by Gasteiger charge is 2.14. The Morgan fingerprint density at radius 3 is 2.62 bits per heavy atom. The third kappa shape index (κ3) is 4.70. The molecule has 0 spiro atoms. The average Bonchev–Trinajstić information content (AvgIpc) is 3.26. The lowest BCUT2D eigenvalue weighted by Crippen LogP contribution is -2.39. The van der Waals surface area contributed by atoms with Gasteiger partial charge >= 0.3 is 0 Å². The molecule has 4 aromatic rings. The van der Waals surface area contributed by atoms with Gasteiger partial charge in [-0.15, -0.1) is 0 Å². The second kappa shape index (κ2) is 8.70. The average molecular weight is 404 g/mol. The van der Waals surface area contributed by atoms with E-state index in [1.54, 1.807) is 12.3 Å².